The minimum Gasteiger partial charge on any atom is -0.345 e. The molecule has 0 saturated carbocycles. The molecule has 0 aliphatic rings. The molecule has 5 aromatic rings. The molecule has 0 saturated heterocycles. The average Bonchev–Trinajstić information content (AvgIpc) is 3.50. The molecule has 34 heavy (non-hydrogen) atoms. The van der Waals surface area contributed by atoms with Crippen molar-refractivity contribution in [2.75, 3.05) is 4.90 Å². The van der Waals surface area contributed by atoms with Crippen molar-refractivity contribution in [2.45, 2.75) is 19.4 Å². The molecule has 0 aliphatic carbocycles. The van der Waals surface area contributed by atoms with E-state index in [0.717, 1.165) is 11.3 Å². The van der Waals surface area contributed by atoms with Gasteiger partial charge in [0.2, 0.25) is 5.91 Å². The van der Waals surface area contributed by atoms with E-state index in [-0.39, 0.29) is 17.4 Å². The van der Waals surface area contributed by atoms with Crippen molar-refractivity contribution >= 4 is 28.8 Å². The summed E-state index contributed by atoms with van der Waals surface area (Å²) in [6, 6.07) is 16.9. The molecule has 3 heterocycles. The predicted molar refractivity (Wildman–Crippen MR) is 128 cm³/mol. The number of imidazole rings is 1. The number of carbonyl (C=O) groups excluding carboxylic acids is 1. The fraction of sp³-hybridized carbons (Fsp3) is 0.120. The molecule has 0 fully saturated rings. The molecule has 170 valence electrons. The number of nitrogens with one attached hydrogen (secondary N) is 1. The SMILES string of the molecule is C[C@H](c1cc(F)cc(Cl)c1)N(C(=O)Cc1nnc2ccccn12)c1ccc(-c2cnc[nH]2)cc1. The lowest BCUT2D eigenvalue weighted by atomic mass is 10.0. The number of aromatic amines is 1. The van der Waals surface area contributed by atoms with Gasteiger partial charge in [-0.1, -0.05) is 29.8 Å². The molecule has 9 heteroatoms. The Labute approximate surface area is 199 Å². The summed E-state index contributed by atoms with van der Waals surface area (Å²) in [6.45, 7) is 1.84. The lowest BCUT2D eigenvalue weighted by Crippen LogP contribution is -2.35. The van der Waals surface area contributed by atoms with Gasteiger partial charge in [0.15, 0.2) is 5.65 Å². The fourth-order valence-electron chi connectivity index (χ4n) is 4.00. The highest BCUT2D eigenvalue weighted by Crippen LogP contribution is 2.31. The fourth-order valence-corrected chi connectivity index (χ4v) is 4.23. The highest BCUT2D eigenvalue weighted by atomic mass is 35.5. The van der Waals surface area contributed by atoms with Crippen LogP contribution in [-0.2, 0) is 11.2 Å². The molecule has 2 aromatic carbocycles. The quantitative estimate of drug-likeness (QED) is 0.364. The van der Waals surface area contributed by atoms with Crippen LogP contribution in [0.4, 0.5) is 10.1 Å². The van der Waals surface area contributed by atoms with E-state index in [9.17, 15) is 9.18 Å². The summed E-state index contributed by atoms with van der Waals surface area (Å²) >= 11 is 6.11. The Morgan fingerprint density at radius 1 is 1.15 bits per heavy atom. The molecule has 1 N–H and O–H groups in total. The standard InChI is InChI=1S/C25H20ClFN6O/c1-16(18-10-19(26)12-20(27)11-18)33(21-7-5-17(6-8-21)22-14-28-15-29-22)25(34)13-24-31-30-23-4-2-3-9-32(23)24/h2-12,14-16H,13H2,1H3,(H,28,29)/t16-/m1/s1. The van der Waals surface area contributed by atoms with E-state index in [1.54, 1.807) is 27.9 Å². The highest BCUT2D eigenvalue weighted by molar-refractivity contribution is 6.30. The van der Waals surface area contributed by atoms with Gasteiger partial charge in [-0.05, 0) is 60.5 Å². The van der Waals surface area contributed by atoms with Crippen LogP contribution in [0.2, 0.25) is 5.02 Å². The summed E-state index contributed by atoms with van der Waals surface area (Å²) in [5.41, 5.74) is 3.70. The molecule has 1 amide bonds. The third-order valence-electron chi connectivity index (χ3n) is 5.67. The third kappa shape index (κ3) is 4.27. The van der Waals surface area contributed by atoms with E-state index in [1.165, 1.54) is 12.1 Å². The molecule has 5 rings (SSSR count). The summed E-state index contributed by atoms with van der Waals surface area (Å²) in [5.74, 6) is -0.149. The number of fused-ring (bicyclic) bond motifs is 1. The van der Waals surface area contributed by atoms with Crippen LogP contribution in [0.5, 0.6) is 0 Å². The third-order valence-corrected chi connectivity index (χ3v) is 5.89. The number of amides is 1. The number of H-pyrrole nitrogens is 1. The van der Waals surface area contributed by atoms with Crippen molar-refractivity contribution in [2.24, 2.45) is 0 Å². The number of halogens is 2. The molecule has 0 spiro atoms. The zero-order valence-corrected chi connectivity index (χ0v) is 18.9. The minimum atomic E-state index is -0.488. The summed E-state index contributed by atoms with van der Waals surface area (Å²) in [5, 5.41) is 8.60. The first-order valence-electron chi connectivity index (χ1n) is 10.6. The second-order valence-corrected chi connectivity index (χ2v) is 8.31. The molecule has 1 atom stereocenters. The first-order chi connectivity index (χ1) is 16.5. The molecule has 0 aliphatic heterocycles. The number of hydrogen-bond donors (Lipinski definition) is 1. The smallest absolute Gasteiger partial charge is 0.235 e. The Morgan fingerprint density at radius 3 is 2.71 bits per heavy atom. The number of pyridine rings is 1. The van der Waals surface area contributed by atoms with E-state index in [2.05, 4.69) is 20.2 Å². The number of benzene rings is 2. The number of nitrogens with zero attached hydrogens (tertiary/aromatic N) is 5. The Bertz CT molecular complexity index is 1430. The van der Waals surface area contributed by atoms with Gasteiger partial charge in [-0.25, -0.2) is 9.37 Å². The Morgan fingerprint density at radius 2 is 1.97 bits per heavy atom. The molecule has 0 unspecified atom stereocenters. The van der Waals surface area contributed by atoms with Crippen molar-refractivity contribution in [3.05, 3.63) is 102 Å². The minimum absolute atomic E-state index is 0.0147. The summed E-state index contributed by atoms with van der Waals surface area (Å²) in [4.78, 5) is 22.4. The number of aromatic nitrogens is 5. The van der Waals surface area contributed by atoms with Crippen LogP contribution >= 0.6 is 11.6 Å². The Hall–Kier alpha value is -4.04. The van der Waals surface area contributed by atoms with Gasteiger partial charge in [-0.2, -0.15) is 0 Å². The Kier molecular flexibility index (Phi) is 5.81. The van der Waals surface area contributed by atoms with Crippen LogP contribution in [0, 0.1) is 5.82 Å². The van der Waals surface area contributed by atoms with E-state index >= 15 is 0 Å². The van der Waals surface area contributed by atoms with Crippen molar-refractivity contribution in [1.82, 2.24) is 24.6 Å². The van der Waals surface area contributed by atoms with Gasteiger partial charge in [0.05, 0.1) is 30.7 Å². The van der Waals surface area contributed by atoms with E-state index < -0.39 is 11.9 Å². The van der Waals surface area contributed by atoms with Crippen LogP contribution in [-0.4, -0.2) is 30.5 Å². The molecule has 0 radical (unpaired) electrons. The monoisotopic (exact) mass is 474 g/mol. The first-order valence-corrected chi connectivity index (χ1v) is 11.0. The number of rotatable bonds is 6. The van der Waals surface area contributed by atoms with Gasteiger partial charge in [-0.15, -0.1) is 10.2 Å². The molecule has 3 aromatic heterocycles. The molecule has 7 nitrogen and oxygen atoms in total. The lowest BCUT2D eigenvalue weighted by Gasteiger charge is -2.30. The van der Waals surface area contributed by atoms with E-state index in [1.807, 2.05) is 55.6 Å². The lowest BCUT2D eigenvalue weighted by molar-refractivity contribution is -0.118. The normalized spacial score (nSPS) is 12.1. The van der Waals surface area contributed by atoms with Gasteiger partial charge >= 0.3 is 0 Å². The zero-order valence-electron chi connectivity index (χ0n) is 18.2. The molecular formula is C25H20ClFN6O. The van der Waals surface area contributed by atoms with E-state index in [4.69, 9.17) is 11.6 Å². The number of anilines is 1. The summed E-state index contributed by atoms with van der Waals surface area (Å²) < 4.78 is 15.9. The second-order valence-electron chi connectivity index (χ2n) is 7.88. The topological polar surface area (TPSA) is 79.2 Å². The number of carbonyl (C=O) groups is 1. The van der Waals surface area contributed by atoms with Gasteiger partial charge in [0.25, 0.3) is 0 Å². The maximum atomic E-state index is 14.1. The first kappa shape index (κ1) is 21.8. The summed E-state index contributed by atoms with van der Waals surface area (Å²) in [7, 11) is 0. The maximum absolute atomic E-state index is 14.1. The van der Waals surface area contributed by atoms with Crippen LogP contribution in [0.3, 0.4) is 0 Å². The van der Waals surface area contributed by atoms with Gasteiger partial charge in [0, 0.05) is 16.9 Å². The largest absolute Gasteiger partial charge is 0.345 e. The zero-order chi connectivity index (χ0) is 23.7. The van der Waals surface area contributed by atoms with Crippen LogP contribution in [0.15, 0.2) is 79.4 Å². The number of hydrogen-bond acceptors (Lipinski definition) is 4. The Balaban J connectivity index is 1.52. The molecular weight excluding hydrogens is 455 g/mol. The van der Waals surface area contributed by atoms with Crippen LogP contribution in [0.1, 0.15) is 24.4 Å². The summed E-state index contributed by atoms with van der Waals surface area (Å²) in [6.07, 6.45) is 5.17. The van der Waals surface area contributed by atoms with Gasteiger partial charge in [0.1, 0.15) is 11.6 Å². The van der Waals surface area contributed by atoms with Gasteiger partial charge in [-0.3, -0.25) is 9.20 Å². The van der Waals surface area contributed by atoms with Crippen LogP contribution in [0.25, 0.3) is 16.9 Å². The average molecular weight is 475 g/mol. The second kappa shape index (κ2) is 9.07. The maximum Gasteiger partial charge on any atom is 0.235 e. The molecule has 0 bridgehead atoms. The van der Waals surface area contributed by atoms with Crippen molar-refractivity contribution in [1.29, 1.82) is 0 Å². The van der Waals surface area contributed by atoms with Crippen LogP contribution < -0.4 is 4.90 Å². The van der Waals surface area contributed by atoms with Gasteiger partial charge < -0.3 is 9.88 Å². The van der Waals surface area contributed by atoms with Crippen molar-refractivity contribution in [3.63, 3.8) is 0 Å². The predicted octanol–water partition coefficient (Wildman–Crippen LogP) is 5.25. The van der Waals surface area contributed by atoms with Crippen molar-refractivity contribution in [3.8, 4) is 11.3 Å². The highest BCUT2D eigenvalue weighted by Gasteiger charge is 2.26. The van der Waals surface area contributed by atoms with E-state index in [0.29, 0.717) is 22.7 Å². The van der Waals surface area contributed by atoms with Crippen molar-refractivity contribution < 1.29 is 9.18 Å².